The highest BCUT2D eigenvalue weighted by atomic mass is 16.5. The fourth-order valence-corrected chi connectivity index (χ4v) is 8.36. The van der Waals surface area contributed by atoms with Gasteiger partial charge in [-0.3, -0.25) is 19.3 Å². The van der Waals surface area contributed by atoms with E-state index in [0.717, 1.165) is 103 Å². The maximum absolute atomic E-state index is 12.8. The highest BCUT2D eigenvalue weighted by molar-refractivity contribution is 5.72. The predicted molar refractivity (Wildman–Crippen MR) is 235 cm³/mol. The number of unbranched alkanes of at least 4 members (excludes halogenated alkanes) is 18. The zero-order valence-corrected chi connectivity index (χ0v) is 37.7. The van der Waals surface area contributed by atoms with Gasteiger partial charge < -0.3 is 14.2 Å². The summed E-state index contributed by atoms with van der Waals surface area (Å²) in [5.74, 6) is 0.919. The van der Waals surface area contributed by atoms with Crippen molar-refractivity contribution in [3.05, 3.63) is 0 Å². The Morgan fingerprint density at radius 3 is 1.14 bits per heavy atom. The van der Waals surface area contributed by atoms with Gasteiger partial charge in [0.15, 0.2) is 0 Å². The first-order chi connectivity index (χ1) is 27.4. The molecule has 330 valence electrons. The van der Waals surface area contributed by atoms with Crippen LogP contribution in [0.15, 0.2) is 0 Å². The zero-order chi connectivity index (χ0) is 40.7. The lowest BCUT2D eigenvalue weighted by Gasteiger charge is -2.20. The summed E-state index contributed by atoms with van der Waals surface area (Å²) in [4.78, 5) is 40.1. The maximum Gasteiger partial charge on any atom is 0.320 e. The molecule has 1 aliphatic rings. The molecule has 7 nitrogen and oxygen atoms in total. The quantitative estimate of drug-likeness (QED) is 0.0346. The van der Waals surface area contributed by atoms with Crippen LogP contribution in [-0.2, 0) is 28.6 Å². The van der Waals surface area contributed by atoms with Gasteiger partial charge in [-0.1, -0.05) is 156 Å². The number of rotatable bonds is 41. The Morgan fingerprint density at radius 1 is 0.429 bits per heavy atom. The summed E-state index contributed by atoms with van der Waals surface area (Å²) in [5, 5.41) is 0. The largest absolute Gasteiger partial charge is 0.466 e. The molecule has 0 radical (unpaired) electrons. The minimum Gasteiger partial charge on any atom is -0.466 e. The second-order valence-corrected chi connectivity index (χ2v) is 17.5. The summed E-state index contributed by atoms with van der Waals surface area (Å²) in [6.07, 6.45) is 38.2. The molecule has 0 aromatic carbocycles. The van der Waals surface area contributed by atoms with E-state index in [9.17, 15) is 14.4 Å². The van der Waals surface area contributed by atoms with Gasteiger partial charge in [-0.2, -0.15) is 0 Å². The SMILES string of the molecule is CCCCCC(CCCCC)CC(=O)OCCCCCCCCCC(CCCCCCCOC(=O)CC(CCCCC)CCCCC)OC(=O)CN1CCCC1. The van der Waals surface area contributed by atoms with Crippen molar-refractivity contribution in [2.24, 2.45) is 11.8 Å². The molecule has 1 saturated heterocycles. The molecule has 1 unspecified atom stereocenters. The smallest absolute Gasteiger partial charge is 0.320 e. The molecule has 0 bridgehead atoms. The van der Waals surface area contributed by atoms with Gasteiger partial charge in [-0.15, -0.1) is 0 Å². The Morgan fingerprint density at radius 2 is 0.768 bits per heavy atom. The summed E-state index contributed by atoms with van der Waals surface area (Å²) in [6, 6.07) is 0. The van der Waals surface area contributed by atoms with Crippen LogP contribution in [0.1, 0.15) is 246 Å². The third kappa shape index (κ3) is 32.3. The summed E-state index contributed by atoms with van der Waals surface area (Å²) in [5.41, 5.74) is 0. The molecule has 7 heteroatoms. The first-order valence-electron chi connectivity index (χ1n) is 24.6. The van der Waals surface area contributed by atoms with Crippen molar-refractivity contribution in [1.82, 2.24) is 4.90 Å². The number of nitrogens with zero attached hydrogens (tertiary/aromatic N) is 1. The molecule has 0 amide bonds. The summed E-state index contributed by atoms with van der Waals surface area (Å²) in [7, 11) is 0. The molecule has 0 saturated carbocycles. The minimum absolute atomic E-state index is 0.00560. The Labute approximate surface area is 347 Å². The normalized spacial score (nSPS) is 13.8. The fourth-order valence-electron chi connectivity index (χ4n) is 8.36. The van der Waals surface area contributed by atoms with Crippen LogP contribution in [0.5, 0.6) is 0 Å². The number of esters is 3. The van der Waals surface area contributed by atoms with Crippen molar-refractivity contribution >= 4 is 17.9 Å². The first-order valence-corrected chi connectivity index (χ1v) is 24.6. The Balaban J connectivity index is 2.25. The van der Waals surface area contributed by atoms with Crippen LogP contribution < -0.4 is 0 Å². The van der Waals surface area contributed by atoms with E-state index in [1.165, 1.54) is 116 Å². The molecule has 1 fully saturated rings. The molecule has 0 aliphatic carbocycles. The Kier molecular flexibility index (Phi) is 36.4. The van der Waals surface area contributed by atoms with E-state index in [-0.39, 0.29) is 24.0 Å². The molecule has 0 aromatic heterocycles. The van der Waals surface area contributed by atoms with Gasteiger partial charge in [-0.05, 0) is 102 Å². The summed E-state index contributed by atoms with van der Waals surface area (Å²) >= 11 is 0. The lowest BCUT2D eigenvalue weighted by atomic mass is 9.92. The molecule has 1 rings (SSSR count). The first kappa shape index (κ1) is 52.4. The van der Waals surface area contributed by atoms with Crippen molar-refractivity contribution in [2.75, 3.05) is 32.8 Å². The second kappa shape index (κ2) is 38.9. The molecular formula is C49H93NO6. The average Bonchev–Trinajstić information content (AvgIpc) is 3.69. The zero-order valence-electron chi connectivity index (χ0n) is 37.7. The second-order valence-electron chi connectivity index (χ2n) is 17.5. The van der Waals surface area contributed by atoms with Crippen molar-refractivity contribution in [3.63, 3.8) is 0 Å². The number of carbonyl (C=O) groups is 3. The van der Waals surface area contributed by atoms with E-state index in [1.807, 2.05) is 0 Å². The van der Waals surface area contributed by atoms with Crippen LogP contribution in [0.25, 0.3) is 0 Å². The molecule has 0 N–H and O–H groups in total. The van der Waals surface area contributed by atoms with Gasteiger partial charge in [0, 0.05) is 12.8 Å². The Hall–Kier alpha value is -1.63. The van der Waals surface area contributed by atoms with E-state index in [2.05, 4.69) is 32.6 Å². The lowest BCUT2D eigenvalue weighted by molar-refractivity contribution is -0.151. The predicted octanol–water partition coefficient (Wildman–Crippen LogP) is 13.9. The summed E-state index contributed by atoms with van der Waals surface area (Å²) < 4.78 is 17.4. The highest BCUT2D eigenvalue weighted by Crippen LogP contribution is 2.24. The standard InChI is InChI=1S/C49H93NO6/c1-5-9-21-31-44(32-22-10-6-2)41-47(51)54-39-29-19-15-13-14-17-25-35-46(56-49(53)43-50-37-27-28-38-50)36-26-18-16-20-30-40-55-48(52)42-45(33-23-11-7-3)34-24-12-8-4/h44-46H,5-43H2,1-4H3. The summed E-state index contributed by atoms with van der Waals surface area (Å²) in [6.45, 7) is 12.5. The van der Waals surface area contributed by atoms with E-state index in [4.69, 9.17) is 14.2 Å². The lowest BCUT2D eigenvalue weighted by Crippen LogP contribution is -2.31. The van der Waals surface area contributed by atoms with Gasteiger partial charge in [-0.25, -0.2) is 0 Å². The average molecular weight is 792 g/mol. The van der Waals surface area contributed by atoms with E-state index < -0.39 is 0 Å². The third-order valence-electron chi connectivity index (χ3n) is 12.0. The molecular weight excluding hydrogens is 699 g/mol. The Bertz CT molecular complexity index is 885. The third-order valence-corrected chi connectivity index (χ3v) is 12.0. The van der Waals surface area contributed by atoms with Gasteiger partial charge in [0.2, 0.25) is 0 Å². The number of ether oxygens (including phenoxy) is 3. The molecule has 0 aromatic rings. The number of hydrogen-bond acceptors (Lipinski definition) is 7. The van der Waals surface area contributed by atoms with Gasteiger partial charge in [0.25, 0.3) is 0 Å². The van der Waals surface area contributed by atoms with E-state index >= 15 is 0 Å². The molecule has 0 spiro atoms. The van der Waals surface area contributed by atoms with Crippen LogP contribution in [0.2, 0.25) is 0 Å². The van der Waals surface area contributed by atoms with E-state index in [1.54, 1.807) is 0 Å². The van der Waals surface area contributed by atoms with Crippen LogP contribution in [0.3, 0.4) is 0 Å². The number of likely N-dealkylation sites (tertiary alicyclic amines) is 1. The van der Waals surface area contributed by atoms with Gasteiger partial charge in [0.05, 0.1) is 19.8 Å². The highest BCUT2D eigenvalue weighted by Gasteiger charge is 2.20. The van der Waals surface area contributed by atoms with Crippen molar-refractivity contribution in [3.8, 4) is 0 Å². The number of hydrogen-bond donors (Lipinski definition) is 0. The molecule has 1 aliphatic heterocycles. The van der Waals surface area contributed by atoms with Crippen LogP contribution in [0.4, 0.5) is 0 Å². The van der Waals surface area contributed by atoms with Gasteiger partial charge in [0.1, 0.15) is 6.10 Å². The minimum atomic E-state index is -0.0547. The molecule has 56 heavy (non-hydrogen) atoms. The van der Waals surface area contributed by atoms with Crippen LogP contribution in [-0.4, -0.2) is 61.8 Å². The van der Waals surface area contributed by atoms with Crippen molar-refractivity contribution in [2.45, 2.75) is 252 Å². The van der Waals surface area contributed by atoms with Crippen LogP contribution >= 0.6 is 0 Å². The number of carbonyl (C=O) groups excluding carboxylic acids is 3. The van der Waals surface area contributed by atoms with Crippen molar-refractivity contribution in [1.29, 1.82) is 0 Å². The fraction of sp³-hybridized carbons (Fsp3) is 0.939. The topological polar surface area (TPSA) is 82.1 Å². The van der Waals surface area contributed by atoms with Gasteiger partial charge >= 0.3 is 17.9 Å². The van der Waals surface area contributed by atoms with Crippen molar-refractivity contribution < 1.29 is 28.6 Å². The molecule has 1 atom stereocenters. The van der Waals surface area contributed by atoms with Crippen LogP contribution in [0, 0.1) is 11.8 Å². The van der Waals surface area contributed by atoms with E-state index in [0.29, 0.717) is 44.4 Å². The monoisotopic (exact) mass is 792 g/mol. The molecule has 1 heterocycles. The maximum atomic E-state index is 12.8.